The Morgan fingerprint density at radius 3 is 3.10 bits per heavy atom. The number of hydrogen-bond acceptors (Lipinski definition) is 5. The highest BCUT2D eigenvalue weighted by Crippen LogP contribution is 2.24. The van der Waals surface area contributed by atoms with Crippen LogP contribution in [0.25, 0.3) is 0 Å². The molecular formula is C15H25N5. The number of piperidine rings is 1. The van der Waals surface area contributed by atoms with Gasteiger partial charge in [-0.25, -0.2) is 4.98 Å². The third-order valence-corrected chi connectivity index (χ3v) is 4.34. The van der Waals surface area contributed by atoms with Crippen LogP contribution in [0.2, 0.25) is 0 Å². The molecule has 3 rings (SSSR count). The Hall–Kier alpha value is -1.36. The van der Waals surface area contributed by atoms with Crippen molar-refractivity contribution in [2.45, 2.75) is 38.6 Å². The predicted molar refractivity (Wildman–Crippen MR) is 82.2 cm³/mol. The number of aromatic nitrogens is 2. The van der Waals surface area contributed by atoms with Crippen molar-refractivity contribution >= 4 is 11.6 Å². The third kappa shape index (κ3) is 3.03. The highest BCUT2D eigenvalue weighted by atomic mass is 15.3. The average Bonchev–Trinajstić information content (AvgIpc) is 2.53. The van der Waals surface area contributed by atoms with Crippen LogP contribution in [-0.2, 0) is 0 Å². The van der Waals surface area contributed by atoms with E-state index in [0.29, 0.717) is 6.04 Å². The summed E-state index contributed by atoms with van der Waals surface area (Å²) in [5, 5.41) is 3.32. The molecule has 2 aliphatic heterocycles. The summed E-state index contributed by atoms with van der Waals surface area (Å²) in [7, 11) is 0. The molecule has 1 aromatic heterocycles. The first-order valence-corrected chi connectivity index (χ1v) is 7.91. The van der Waals surface area contributed by atoms with E-state index in [-0.39, 0.29) is 0 Å². The van der Waals surface area contributed by atoms with Crippen molar-refractivity contribution in [3.8, 4) is 0 Å². The van der Waals surface area contributed by atoms with Gasteiger partial charge in [-0.3, -0.25) is 9.88 Å². The largest absolute Gasteiger partial charge is 0.369 e. The SMILES string of the molecule is CCCNc1cncc(N2CCN3CCCCC3C2)n1. The lowest BCUT2D eigenvalue weighted by Crippen LogP contribution is -2.55. The van der Waals surface area contributed by atoms with Gasteiger partial charge >= 0.3 is 0 Å². The van der Waals surface area contributed by atoms with Gasteiger partial charge in [0.15, 0.2) is 0 Å². The Balaban J connectivity index is 1.66. The molecule has 5 heteroatoms. The first kappa shape index (κ1) is 13.6. The van der Waals surface area contributed by atoms with E-state index >= 15 is 0 Å². The van der Waals surface area contributed by atoms with Gasteiger partial charge in [-0.15, -0.1) is 0 Å². The maximum atomic E-state index is 4.71. The molecule has 5 nitrogen and oxygen atoms in total. The van der Waals surface area contributed by atoms with Crippen LogP contribution in [0.1, 0.15) is 32.6 Å². The second-order valence-electron chi connectivity index (χ2n) is 5.82. The summed E-state index contributed by atoms with van der Waals surface area (Å²) in [5.74, 6) is 1.92. The summed E-state index contributed by atoms with van der Waals surface area (Å²) in [6.07, 6.45) is 8.89. The van der Waals surface area contributed by atoms with Gasteiger partial charge in [0.2, 0.25) is 0 Å². The molecule has 0 saturated carbocycles. The van der Waals surface area contributed by atoms with Gasteiger partial charge in [0, 0.05) is 32.2 Å². The normalized spacial score (nSPS) is 23.4. The first-order valence-electron chi connectivity index (χ1n) is 7.91. The summed E-state index contributed by atoms with van der Waals surface area (Å²) in [4.78, 5) is 14.1. The second kappa shape index (κ2) is 6.39. The Morgan fingerprint density at radius 2 is 2.20 bits per heavy atom. The van der Waals surface area contributed by atoms with Crippen LogP contribution in [0.5, 0.6) is 0 Å². The lowest BCUT2D eigenvalue weighted by Gasteiger charge is -2.44. The minimum absolute atomic E-state index is 0.714. The molecule has 3 heterocycles. The van der Waals surface area contributed by atoms with Crippen molar-refractivity contribution in [3.05, 3.63) is 12.4 Å². The summed E-state index contributed by atoms with van der Waals surface area (Å²) in [6.45, 7) is 7.73. The minimum Gasteiger partial charge on any atom is -0.369 e. The maximum Gasteiger partial charge on any atom is 0.149 e. The van der Waals surface area contributed by atoms with Gasteiger partial charge in [-0.2, -0.15) is 0 Å². The Morgan fingerprint density at radius 1 is 1.25 bits per heavy atom. The lowest BCUT2D eigenvalue weighted by molar-refractivity contribution is 0.133. The number of nitrogens with one attached hydrogen (secondary N) is 1. The molecule has 0 aromatic carbocycles. The number of anilines is 2. The van der Waals surface area contributed by atoms with Crippen molar-refractivity contribution < 1.29 is 0 Å². The molecule has 1 unspecified atom stereocenters. The first-order chi connectivity index (χ1) is 9.86. The van der Waals surface area contributed by atoms with E-state index in [1.54, 1.807) is 0 Å². The van der Waals surface area contributed by atoms with E-state index in [4.69, 9.17) is 4.98 Å². The minimum atomic E-state index is 0.714. The van der Waals surface area contributed by atoms with E-state index < -0.39 is 0 Å². The Bertz CT molecular complexity index is 436. The molecule has 0 amide bonds. The van der Waals surface area contributed by atoms with Crippen molar-refractivity contribution in [2.24, 2.45) is 0 Å². The van der Waals surface area contributed by atoms with E-state index in [9.17, 15) is 0 Å². The molecule has 0 bridgehead atoms. The van der Waals surface area contributed by atoms with Crippen LogP contribution in [-0.4, -0.2) is 53.6 Å². The summed E-state index contributed by atoms with van der Waals surface area (Å²) in [5.41, 5.74) is 0. The molecular weight excluding hydrogens is 250 g/mol. The van der Waals surface area contributed by atoms with Crippen LogP contribution in [0.15, 0.2) is 12.4 Å². The van der Waals surface area contributed by atoms with Gasteiger partial charge in [0.25, 0.3) is 0 Å². The average molecular weight is 275 g/mol. The van der Waals surface area contributed by atoms with Crippen LogP contribution < -0.4 is 10.2 Å². The molecule has 2 aliphatic rings. The maximum absolute atomic E-state index is 4.71. The van der Waals surface area contributed by atoms with Gasteiger partial charge in [-0.05, 0) is 25.8 Å². The zero-order chi connectivity index (χ0) is 13.8. The highest BCUT2D eigenvalue weighted by molar-refractivity contribution is 5.44. The number of nitrogens with zero attached hydrogens (tertiary/aromatic N) is 4. The Labute approximate surface area is 121 Å². The molecule has 1 N–H and O–H groups in total. The number of rotatable bonds is 4. The van der Waals surface area contributed by atoms with Crippen molar-refractivity contribution in [1.29, 1.82) is 0 Å². The van der Waals surface area contributed by atoms with Crippen LogP contribution >= 0.6 is 0 Å². The number of hydrogen-bond donors (Lipinski definition) is 1. The third-order valence-electron chi connectivity index (χ3n) is 4.34. The Kier molecular flexibility index (Phi) is 4.35. The topological polar surface area (TPSA) is 44.3 Å². The predicted octanol–water partition coefficient (Wildman–Crippen LogP) is 1.97. The zero-order valence-electron chi connectivity index (χ0n) is 12.4. The summed E-state index contributed by atoms with van der Waals surface area (Å²) >= 11 is 0. The van der Waals surface area contributed by atoms with Gasteiger partial charge in [0.05, 0.1) is 12.4 Å². The van der Waals surface area contributed by atoms with Gasteiger partial charge in [0.1, 0.15) is 11.6 Å². The fourth-order valence-corrected chi connectivity index (χ4v) is 3.21. The lowest BCUT2D eigenvalue weighted by atomic mass is 9.99. The quantitative estimate of drug-likeness (QED) is 0.910. The molecule has 110 valence electrons. The molecule has 0 radical (unpaired) electrons. The molecule has 1 aromatic rings. The molecule has 0 spiro atoms. The summed E-state index contributed by atoms with van der Waals surface area (Å²) in [6, 6.07) is 0.714. The van der Waals surface area contributed by atoms with Crippen molar-refractivity contribution in [3.63, 3.8) is 0 Å². The van der Waals surface area contributed by atoms with E-state index in [1.165, 1.54) is 32.4 Å². The number of fused-ring (bicyclic) bond motifs is 1. The highest BCUT2D eigenvalue weighted by Gasteiger charge is 2.29. The molecule has 2 saturated heterocycles. The van der Waals surface area contributed by atoms with Crippen LogP contribution in [0.3, 0.4) is 0 Å². The summed E-state index contributed by atoms with van der Waals surface area (Å²) < 4.78 is 0. The van der Waals surface area contributed by atoms with Crippen LogP contribution in [0, 0.1) is 0 Å². The van der Waals surface area contributed by atoms with E-state index in [2.05, 4.69) is 27.0 Å². The fraction of sp³-hybridized carbons (Fsp3) is 0.733. The molecule has 0 aliphatic carbocycles. The van der Waals surface area contributed by atoms with Crippen molar-refractivity contribution in [2.75, 3.05) is 42.9 Å². The van der Waals surface area contributed by atoms with Crippen molar-refractivity contribution in [1.82, 2.24) is 14.9 Å². The fourth-order valence-electron chi connectivity index (χ4n) is 3.21. The van der Waals surface area contributed by atoms with E-state index in [1.807, 2.05) is 12.4 Å². The standard InChI is InChI=1S/C15H25N5/c1-2-6-17-14-10-16-11-15(18-14)20-9-8-19-7-4-3-5-13(19)12-20/h10-11,13H,2-9,12H2,1H3,(H,17,18). The molecule has 2 fully saturated rings. The molecule has 20 heavy (non-hydrogen) atoms. The van der Waals surface area contributed by atoms with Gasteiger partial charge in [-0.1, -0.05) is 13.3 Å². The van der Waals surface area contributed by atoms with Gasteiger partial charge < -0.3 is 10.2 Å². The second-order valence-corrected chi connectivity index (χ2v) is 5.82. The molecule has 1 atom stereocenters. The smallest absolute Gasteiger partial charge is 0.149 e. The number of piperazine rings is 1. The zero-order valence-corrected chi connectivity index (χ0v) is 12.4. The monoisotopic (exact) mass is 275 g/mol. The van der Waals surface area contributed by atoms with Crippen LogP contribution in [0.4, 0.5) is 11.6 Å². The van der Waals surface area contributed by atoms with E-state index in [0.717, 1.165) is 37.7 Å².